The summed E-state index contributed by atoms with van der Waals surface area (Å²) in [6.07, 6.45) is 0.613. The Bertz CT molecular complexity index is 623. The third kappa shape index (κ3) is 5.61. The van der Waals surface area contributed by atoms with Crippen molar-refractivity contribution in [1.29, 1.82) is 0 Å². The van der Waals surface area contributed by atoms with Crippen LogP contribution in [0.25, 0.3) is 0 Å². The Labute approximate surface area is 182 Å². The van der Waals surface area contributed by atoms with Gasteiger partial charge in [0.2, 0.25) is 5.91 Å². The minimum absolute atomic E-state index is 0. The number of carbonyl (C=O) groups excluding carboxylic acids is 1. The molecule has 0 saturated heterocycles. The molecule has 0 radical (unpaired) electrons. The molecular weight excluding hydrogens is 397 g/mol. The third-order valence-electron chi connectivity index (χ3n) is 5.98. The number of amides is 1. The minimum Gasteiger partial charge on any atom is -0.378 e. The molecule has 0 spiro atoms. The highest BCUT2D eigenvalue weighted by molar-refractivity contribution is 5.88. The predicted molar refractivity (Wildman–Crippen MR) is 120 cm³/mol. The SMILES string of the molecule is CCOC1CC(N)(C(=O)NCc2cccc(CN(CC)CC)c2)C1(C)C.Cl.Cl. The lowest BCUT2D eigenvalue weighted by Gasteiger charge is -2.57. The van der Waals surface area contributed by atoms with E-state index in [1.54, 1.807) is 0 Å². The van der Waals surface area contributed by atoms with E-state index in [9.17, 15) is 4.79 Å². The fourth-order valence-corrected chi connectivity index (χ4v) is 3.70. The van der Waals surface area contributed by atoms with Gasteiger partial charge in [-0.15, -0.1) is 24.8 Å². The maximum absolute atomic E-state index is 12.7. The lowest BCUT2D eigenvalue weighted by atomic mass is 9.54. The van der Waals surface area contributed by atoms with E-state index >= 15 is 0 Å². The molecule has 1 aliphatic rings. The molecule has 28 heavy (non-hydrogen) atoms. The van der Waals surface area contributed by atoms with Crippen LogP contribution in [0.4, 0.5) is 0 Å². The zero-order valence-corrected chi connectivity index (χ0v) is 19.4. The average molecular weight is 434 g/mol. The Hall–Kier alpha value is -0.850. The molecular formula is C21H37Cl2N3O2. The van der Waals surface area contributed by atoms with Crippen LogP contribution in [-0.4, -0.2) is 42.1 Å². The van der Waals surface area contributed by atoms with Crippen molar-refractivity contribution in [3.63, 3.8) is 0 Å². The second kappa shape index (κ2) is 11.4. The molecule has 0 aromatic heterocycles. The number of nitrogens with two attached hydrogens (primary N) is 1. The summed E-state index contributed by atoms with van der Waals surface area (Å²) in [5.74, 6) is -0.0902. The number of carbonyl (C=O) groups is 1. The summed E-state index contributed by atoms with van der Waals surface area (Å²) in [4.78, 5) is 15.1. The van der Waals surface area contributed by atoms with E-state index in [1.165, 1.54) is 5.56 Å². The van der Waals surface area contributed by atoms with Gasteiger partial charge in [0.1, 0.15) is 5.54 Å². The number of nitrogens with one attached hydrogen (secondary N) is 1. The van der Waals surface area contributed by atoms with Crippen molar-refractivity contribution in [2.75, 3.05) is 19.7 Å². The van der Waals surface area contributed by atoms with Gasteiger partial charge in [-0.2, -0.15) is 0 Å². The Morgan fingerprint density at radius 1 is 1.21 bits per heavy atom. The first-order valence-electron chi connectivity index (χ1n) is 9.77. The Balaban J connectivity index is 0.00000364. The molecule has 3 N–H and O–H groups in total. The molecule has 1 saturated carbocycles. The number of hydrogen-bond donors (Lipinski definition) is 2. The van der Waals surface area contributed by atoms with Crippen LogP contribution in [0.1, 0.15) is 52.2 Å². The lowest BCUT2D eigenvalue weighted by Crippen LogP contribution is -2.75. The number of hydrogen-bond acceptors (Lipinski definition) is 4. The molecule has 0 aliphatic heterocycles. The van der Waals surface area contributed by atoms with Gasteiger partial charge in [0.25, 0.3) is 0 Å². The van der Waals surface area contributed by atoms with Gasteiger partial charge in [-0.05, 0) is 31.1 Å². The number of halogens is 2. The zero-order chi connectivity index (χ0) is 19.4. The fraction of sp³-hybridized carbons (Fsp3) is 0.667. The first-order valence-corrected chi connectivity index (χ1v) is 9.77. The number of rotatable bonds is 9. The van der Waals surface area contributed by atoms with Gasteiger partial charge in [-0.3, -0.25) is 9.69 Å². The molecule has 0 bridgehead atoms. The van der Waals surface area contributed by atoms with Crippen LogP contribution >= 0.6 is 24.8 Å². The maximum atomic E-state index is 12.7. The highest BCUT2D eigenvalue weighted by Crippen LogP contribution is 2.49. The molecule has 2 atom stereocenters. The summed E-state index contributed by atoms with van der Waals surface area (Å²) in [5.41, 5.74) is 7.58. The van der Waals surface area contributed by atoms with Crippen molar-refractivity contribution in [2.24, 2.45) is 11.1 Å². The van der Waals surface area contributed by atoms with Crippen molar-refractivity contribution >= 4 is 30.7 Å². The van der Waals surface area contributed by atoms with Gasteiger partial charge in [-0.25, -0.2) is 0 Å². The first kappa shape index (κ1) is 27.1. The molecule has 7 heteroatoms. The normalized spacial score (nSPS) is 22.6. The highest BCUT2D eigenvalue weighted by Gasteiger charge is 2.62. The minimum atomic E-state index is -0.869. The van der Waals surface area contributed by atoms with Crippen LogP contribution in [-0.2, 0) is 22.6 Å². The van der Waals surface area contributed by atoms with Crippen LogP contribution in [0.5, 0.6) is 0 Å². The summed E-state index contributed by atoms with van der Waals surface area (Å²) < 4.78 is 5.71. The molecule has 162 valence electrons. The number of nitrogens with zero attached hydrogens (tertiary/aromatic N) is 1. The van der Waals surface area contributed by atoms with E-state index in [2.05, 4.69) is 42.3 Å². The van der Waals surface area contributed by atoms with E-state index in [-0.39, 0.29) is 42.2 Å². The smallest absolute Gasteiger partial charge is 0.241 e. The predicted octanol–water partition coefficient (Wildman–Crippen LogP) is 3.52. The molecule has 2 rings (SSSR count). The van der Waals surface area contributed by atoms with Crippen molar-refractivity contribution in [3.8, 4) is 0 Å². The van der Waals surface area contributed by atoms with E-state index in [1.807, 2.05) is 26.8 Å². The number of ether oxygens (including phenoxy) is 1. The standard InChI is InChI=1S/C21H35N3O2.2ClH/c1-6-24(7-2)15-17-11-9-10-16(12-17)14-23-19(25)21(22)13-18(26-8-3)20(21,4)5;;/h9-12,18H,6-8,13-15,22H2,1-5H3,(H,23,25);2*1H. The summed E-state index contributed by atoms with van der Waals surface area (Å²) in [5, 5.41) is 3.04. The van der Waals surface area contributed by atoms with Crippen LogP contribution in [0.2, 0.25) is 0 Å². The summed E-state index contributed by atoms with van der Waals surface area (Å²) in [6, 6.07) is 8.40. The van der Waals surface area contributed by atoms with Crippen LogP contribution in [0.3, 0.4) is 0 Å². The van der Waals surface area contributed by atoms with Crippen LogP contribution in [0.15, 0.2) is 24.3 Å². The molecule has 1 aromatic carbocycles. The average Bonchev–Trinajstić information content (AvgIpc) is 2.64. The molecule has 0 heterocycles. The van der Waals surface area contributed by atoms with Crippen molar-refractivity contribution in [1.82, 2.24) is 10.2 Å². The second-order valence-electron chi connectivity index (χ2n) is 7.81. The van der Waals surface area contributed by atoms with E-state index < -0.39 is 5.54 Å². The first-order chi connectivity index (χ1) is 12.3. The Kier molecular flexibility index (Phi) is 11.0. The Morgan fingerprint density at radius 3 is 2.36 bits per heavy atom. The lowest BCUT2D eigenvalue weighted by molar-refractivity contribution is -0.170. The van der Waals surface area contributed by atoms with Crippen molar-refractivity contribution in [2.45, 2.75) is 65.8 Å². The van der Waals surface area contributed by atoms with Crippen molar-refractivity contribution < 1.29 is 9.53 Å². The summed E-state index contributed by atoms with van der Waals surface area (Å²) in [7, 11) is 0. The van der Waals surface area contributed by atoms with Gasteiger partial charge in [0, 0.05) is 31.5 Å². The second-order valence-corrected chi connectivity index (χ2v) is 7.81. The quantitative estimate of drug-likeness (QED) is 0.624. The van der Waals surface area contributed by atoms with E-state index in [0.29, 0.717) is 19.6 Å². The molecule has 2 unspecified atom stereocenters. The molecule has 1 amide bonds. The summed E-state index contributed by atoms with van der Waals surface area (Å²) in [6.45, 7) is 14.5. The van der Waals surface area contributed by atoms with Gasteiger partial charge in [0.05, 0.1) is 6.10 Å². The van der Waals surface area contributed by atoms with Gasteiger partial charge >= 0.3 is 0 Å². The van der Waals surface area contributed by atoms with E-state index in [4.69, 9.17) is 10.5 Å². The maximum Gasteiger partial charge on any atom is 0.241 e. The van der Waals surface area contributed by atoms with Gasteiger partial charge in [0.15, 0.2) is 0 Å². The van der Waals surface area contributed by atoms with Crippen LogP contribution < -0.4 is 11.1 Å². The molecule has 1 aliphatic carbocycles. The van der Waals surface area contributed by atoms with Crippen LogP contribution in [0, 0.1) is 5.41 Å². The molecule has 1 aromatic rings. The summed E-state index contributed by atoms with van der Waals surface area (Å²) >= 11 is 0. The van der Waals surface area contributed by atoms with Gasteiger partial charge in [-0.1, -0.05) is 52.0 Å². The number of benzene rings is 1. The van der Waals surface area contributed by atoms with E-state index in [0.717, 1.165) is 25.2 Å². The Morgan fingerprint density at radius 2 is 1.82 bits per heavy atom. The fourth-order valence-electron chi connectivity index (χ4n) is 3.70. The highest BCUT2D eigenvalue weighted by atomic mass is 35.5. The molecule has 1 fully saturated rings. The monoisotopic (exact) mass is 433 g/mol. The van der Waals surface area contributed by atoms with Crippen molar-refractivity contribution in [3.05, 3.63) is 35.4 Å². The zero-order valence-electron chi connectivity index (χ0n) is 17.8. The molecule has 5 nitrogen and oxygen atoms in total. The topological polar surface area (TPSA) is 67.6 Å². The van der Waals surface area contributed by atoms with Gasteiger partial charge < -0.3 is 15.8 Å². The largest absolute Gasteiger partial charge is 0.378 e. The third-order valence-corrected chi connectivity index (χ3v) is 5.98.